The van der Waals surface area contributed by atoms with Crippen LogP contribution in [0.5, 0.6) is 0 Å². The molecule has 0 radical (unpaired) electrons. The van der Waals surface area contributed by atoms with Gasteiger partial charge in [0.25, 0.3) is 0 Å². The largest absolute Gasteiger partial charge is 0.382 e. The van der Waals surface area contributed by atoms with Crippen LogP contribution < -0.4 is 0 Å². The summed E-state index contributed by atoms with van der Waals surface area (Å²) in [6.07, 6.45) is 25.3. The van der Waals surface area contributed by atoms with Gasteiger partial charge in [-0.15, -0.1) is 0 Å². The first-order chi connectivity index (χ1) is 37.9. The minimum Gasteiger partial charge on any atom is -0.382 e. The second kappa shape index (κ2) is 99.6. The first kappa shape index (κ1) is 104. The van der Waals surface area contributed by atoms with Crippen molar-refractivity contribution in [1.82, 2.24) is 9.80 Å². The van der Waals surface area contributed by atoms with Crippen molar-refractivity contribution in [1.29, 1.82) is 0 Å². The Labute approximate surface area is 513 Å². The average molecular weight is 1180 g/mol. The van der Waals surface area contributed by atoms with E-state index in [1.54, 1.807) is 11.8 Å². The number of carbonyl (C=O) groups excluding carboxylic acids is 2. The Kier molecular flexibility index (Phi) is 129. The maximum Gasteiger partial charge on any atom is 0.222 e. The molecule has 0 saturated carbocycles. The number of sulfone groups is 1. The van der Waals surface area contributed by atoms with Gasteiger partial charge in [-0.25, -0.2) is 8.42 Å². The van der Waals surface area contributed by atoms with E-state index in [2.05, 4.69) is 174 Å². The van der Waals surface area contributed by atoms with Crippen LogP contribution in [0, 0.1) is 5.92 Å². The number of Topliss-reactive ketones (excluding diaryl/α,β-unsaturated/α-hetero) is 1. The van der Waals surface area contributed by atoms with E-state index in [0.717, 1.165) is 64.4 Å². The lowest BCUT2D eigenvalue weighted by atomic mass is 9.99. The molecule has 1 amide bonds. The van der Waals surface area contributed by atoms with E-state index in [9.17, 15) is 18.0 Å². The minimum absolute atomic E-state index is 0.215. The highest BCUT2D eigenvalue weighted by Gasteiger charge is 2.03. The zero-order valence-electron chi connectivity index (χ0n) is 60.2. The molecule has 0 aliphatic carbocycles. The summed E-state index contributed by atoms with van der Waals surface area (Å²) in [5.41, 5.74) is 1.45. The zero-order chi connectivity index (χ0) is 64.7. The number of nitrogens with zero attached hydrogens (tertiary/aromatic N) is 2. The maximum absolute atomic E-state index is 10.7. The van der Waals surface area contributed by atoms with E-state index >= 15 is 0 Å². The first-order valence-corrected chi connectivity index (χ1v) is 36.4. The third-order valence-electron chi connectivity index (χ3n) is 11.2. The SMILES string of the molecule is CCC(=O)N(C)CC.CCC(C)C.CCC(C)c1ccccc1.CCCC.CCCC(=O)CC.CCCCCC.CCCCCC.CCCN(C)CC.CCCOC(C)C.CCCOCC.CCCS(=O)(=O)CC.CCCSCC. The number of rotatable bonds is 30. The quantitative estimate of drug-likeness (QED) is 0.0704. The second-order valence-corrected chi connectivity index (χ2v) is 24.2. The average Bonchev–Trinajstić information content (AvgIpc) is 3.47. The monoisotopic (exact) mass is 1180 g/mol. The summed E-state index contributed by atoms with van der Waals surface area (Å²) >= 11 is 2.01. The zero-order valence-corrected chi connectivity index (χ0v) is 61.8. The molecule has 1 rings (SSSR count). The van der Waals surface area contributed by atoms with Gasteiger partial charge in [0.1, 0.15) is 15.6 Å². The molecule has 0 aliphatic heterocycles. The maximum atomic E-state index is 10.7. The van der Waals surface area contributed by atoms with Gasteiger partial charge in [0, 0.05) is 64.2 Å². The molecular weight excluding hydrogens is 1030 g/mol. The normalized spacial score (nSPS) is 9.94. The van der Waals surface area contributed by atoms with Crippen molar-refractivity contribution in [2.24, 2.45) is 5.92 Å². The highest BCUT2D eigenvalue weighted by molar-refractivity contribution is 7.99. The number of benzene rings is 1. The number of hydrogen-bond donors (Lipinski definition) is 0. The number of ether oxygens (including phenoxy) is 2. The third kappa shape index (κ3) is 137. The molecular formula is C70H154N2O6S2. The molecule has 0 heterocycles. The van der Waals surface area contributed by atoms with Gasteiger partial charge < -0.3 is 19.3 Å². The molecule has 1 atom stereocenters. The molecule has 10 heteroatoms. The summed E-state index contributed by atoms with van der Waals surface area (Å²) < 4.78 is 31.4. The van der Waals surface area contributed by atoms with Crippen LogP contribution in [0.4, 0.5) is 0 Å². The van der Waals surface area contributed by atoms with E-state index in [-0.39, 0.29) is 11.7 Å². The Bertz CT molecular complexity index is 1180. The van der Waals surface area contributed by atoms with Crippen LogP contribution in [-0.2, 0) is 28.9 Å². The summed E-state index contributed by atoms with van der Waals surface area (Å²) in [4.78, 5) is 25.1. The van der Waals surface area contributed by atoms with Crippen LogP contribution in [0.3, 0.4) is 0 Å². The molecule has 1 aromatic rings. The summed E-state index contributed by atoms with van der Waals surface area (Å²) in [5, 5.41) is 0. The van der Waals surface area contributed by atoms with Crippen LogP contribution in [0.15, 0.2) is 30.3 Å². The number of hydrogen-bond acceptors (Lipinski definition) is 8. The number of ketones is 1. The number of thioether (sulfide) groups is 1. The minimum atomic E-state index is -2.67. The first-order valence-electron chi connectivity index (χ1n) is 33.4. The van der Waals surface area contributed by atoms with Gasteiger partial charge in [-0.3, -0.25) is 9.59 Å². The topological polar surface area (TPSA) is 93.2 Å². The van der Waals surface area contributed by atoms with Gasteiger partial charge in [0.2, 0.25) is 5.91 Å². The standard InChI is InChI=1S/C10H14.C6H13NO.C6H15N.C6H14O.C6H12O.2C6H14.C5H12O2S.C5H12O.C5H12S.C5H12.C4H10/c1-3-9(2)10-7-5-4-6-8-10;1-4-6(8)7(3)5-2;1-4-6-7(3)5-2;1-4-5-7-6(2)3;1-3-5-6(7)4-2;2*1-3-5-6-4-2;1-3-5-8(6,7)4-2;2*1-3-5-6-4-2;1-4-5(2)3;1-3-4-2/h4-9H,3H2,1-2H3;4-5H2,1-3H3;4-6H2,1-3H3;6H,4-5H2,1-3H3;3-5H2,1-2H3;2*3-6H2,1-2H3;3-5H2,1-2H3;2*3-5H2,1-2H3;5H,4H2,1-3H3;3-4H2,1-2H3. The molecule has 8 nitrogen and oxygen atoms in total. The number of carbonyl (C=O) groups is 2. The summed E-state index contributed by atoms with van der Waals surface area (Å²) in [6, 6.07) is 10.6. The van der Waals surface area contributed by atoms with Crippen molar-refractivity contribution in [3.8, 4) is 0 Å². The third-order valence-corrected chi connectivity index (χ3v) is 14.2. The van der Waals surface area contributed by atoms with Gasteiger partial charge in [-0.05, 0) is 122 Å². The van der Waals surface area contributed by atoms with Gasteiger partial charge in [-0.1, -0.05) is 253 Å². The second-order valence-electron chi connectivity index (χ2n) is 20.3. The highest BCUT2D eigenvalue weighted by Crippen LogP contribution is 2.17. The molecule has 1 aromatic carbocycles. The van der Waals surface area contributed by atoms with E-state index in [1.165, 1.54) is 120 Å². The molecule has 0 N–H and O–H groups in total. The fourth-order valence-electron chi connectivity index (χ4n) is 4.85. The van der Waals surface area contributed by atoms with E-state index in [1.807, 2.05) is 60.4 Å². The Balaban J connectivity index is -0.0000000726. The Hall–Kier alpha value is -1.46. The lowest BCUT2D eigenvalue weighted by molar-refractivity contribution is -0.129. The lowest BCUT2D eigenvalue weighted by Crippen LogP contribution is -2.24. The van der Waals surface area contributed by atoms with Crippen LogP contribution >= 0.6 is 11.8 Å². The van der Waals surface area contributed by atoms with Crippen LogP contribution in [0.1, 0.15) is 326 Å². The van der Waals surface area contributed by atoms with Crippen molar-refractivity contribution in [2.45, 2.75) is 327 Å². The summed E-state index contributed by atoms with van der Waals surface area (Å²) in [6.45, 7) is 60.7. The van der Waals surface area contributed by atoms with Gasteiger partial charge in [0.15, 0.2) is 0 Å². The molecule has 0 spiro atoms. The lowest BCUT2D eigenvalue weighted by Gasteiger charge is -2.11. The molecule has 0 saturated heterocycles. The fourth-order valence-corrected chi connectivity index (χ4v) is 6.33. The summed E-state index contributed by atoms with van der Waals surface area (Å²) in [7, 11) is 1.28. The fraction of sp³-hybridized carbons (Fsp3) is 0.886. The number of amides is 1. The summed E-state index contributed by atoms with van der Waals surface area (Å²) in [5.74, 6) is 5.40. The van der Waals surface area contributed by atoms with E-state index < -0.39 is 9.84 Å². The van der Waals surface area contributed by atoms with Crippen molar-refractivity contribution >= 4 is 33.3 Å². The Morgan fingerprint density at radius 2 is 1.00 bits per heavy atom. The highest BCUT2D eigenvalue weighted by atomic mass is 32.2. The molecule has 0 aromatic heterocycles. The van der Waals surface area contributed by atoms with Gasteiger partial charge in [-0.2, -0.15) is 11.8 Å². The van der Waals surface area contributed by atoms with E-state index in [4.69, 9.17) is 9.47 Å². The van der Waals surface area contributed by atoms with Crippen LogP contribution in [0.25, 0.3) is 0 Å². The van der Waals surface area contributed by atoms with Gasteiger partial charge in [0.05, 0.1) is 6.10 Å². The van der Waals surface area contributed by atoms with Crippen LogP contribution in [0.2, 0.25) is 0 Å². The predicted molar refractivity (Wildman–Crippen MR) is 374 cm³/mol. The smallest absolute Gasteiger partial charge is 0.222 e. The number of unbranched alkanes of at least 4 members (excludes halogenated alkanes) is 7. The van der Waals surface area contributed by atoms with E-state index in [0.29, 0.717) is 36.4 Å². The molecule has 1 unspecified atom stereocenters. The van der Waals surface area contributed by atoms with Gasteiger partial charge >= 0.3 is 0 Å². The van der Waals surface area contributed by atoms with Crippen LogP contribution in [-0.4, -0.2) is 113 Å². The molecule has 492 valence electrons. The predicted octanol–water partition coefficient (Wildman–Crippen LogP) is 22.5. The van der Waals surface area contributed by atoms with Crippen molar-refractivity contribution in [3.63, 3.8) is 0 Å². The molecule has 0 bridgehead atoms. The molecule has 0 aliphatic rings. The van der Waals surface area contributed by atoms with Crippen molar-refractivity contribution < 1.29 is 27.5 Å². The Morgan fingerprint density at radius 3 is 1.16 bits per heavy atom. The molecule has 80 heavy (non-hydrogen) atoms. The van der Waals surface area contributed by atoms with Crippen molar-refractivity contribution in [2.75, 3.05) is 76.6 Å². The molecule has 0 fully saturated rings. The van der Waals surface area contributed by atoms with Crippen molar-refractivity contribution in [3.05, 3.63) is 35.9 Å². The Morgan fingerprint density at radius 1 is 0.537 bits per heavy atom.